The molecule has 1 fully saturated rings. The van der Waals surface area contributed by atoms with E-state index in [0.29, 0.717) is 12.2 Å². The predicted molar refractivity (Wildman–Crippen MR) is 83.6 cm³/mol. The molecule has 0 amide bonds. The van der Waals surface area contributed by atoms with Gasteiger partial charge in [-0.15, -0.1) is 0 Å². The van der Waals surface area contributed by atoms with Crippen molar-refractivity contribution in [1.29, 1.82) is 0 Å². The number of ether oxygens (including phenoxy) is 1. The Balaban J connectivity index is 1.98. The zero-order valence-corrected chi connectivity index (χ0v) is 12.9. The third-order valence-corrected chi connectivity index (χ3v) is 4.10. The number of anilines is 1. The lowest BCUT2D eigenvalue weighted by Gasteiger charge is -2.23. The van der Waals surface area contributed by atoms with Gasteiger partial charge in [0.25, 0.3) is 0 Å². The summed E-state index contributed by atoms with van der Waals surface area (Å²) < 4.78 is 5.44. The molecule has 21 heavy (non-hydrogen) atoms. The van der Waals surface area contributed by atoms with Crippen LogP contribution in [0.3, 0.4) is 0 Å². The van der Waals surface area contributed by atoms with Crippen LogP contribution in [0.25, 0.3) is 0 Å². The maximum absolute atomic E-state index is 12.3. The summed E-state index contributed by atoms with van der Waals surface area (Å²) in [7, 11) is 3.93. The van der Waals surface area contributed by atoms with Gasteiger partial charge in [0.15, 0.2) is 0 Å². The van der Waals surface area contributed by atoms with Crippen molar-refractivity contribution in [3.05, 3.63) is 24.3 Å². The van der Waals surface area contributed by atoms with Crippen molar-refractivity contribution in [3.8, 4) is 5.75 Å². The summed E-state index contributed by atoms with van der Waals surface area (Å²) in [5, 5.41) is 10.1. The van der Waals surface area contributed by atoms with Crippen LogP contribution >= 0.6 is 0 Å². The summed E-state index contributed by atoms with van der Waals surface area (Å²) in [5.41, 5.74) is 1.06. The molecule has 1 saturated carbocycles. The lowest BCUT2D eigenvalue weighted by Crippen LogP contribution is -2.32. The van der Waals surface area contributed by atoms with E-state index in [1.54, 1.807) is 12.1 Å². The summed E-state index contributed by atoms with van der Waals surface area (Å²) in [6.45, 7) is 0. The van der Waals surface area contributed by atoms with E-state index in [1.807, 2.05) is 31.1 Å². The molecular formula is C17H25NO3. The van der Waals surface area contributed by atoms with Gasteiger partial charge in [-0.2, -0.15) is 0 Å². The van der Waals surface area contributed by atoms with Crippen LogP contribution in [-0.2, 0) is 4.79 Å². The number of benzene rings is 1. The Labute approximate surface area is 126 Å². The smallest absolute Gasteiger partial charge is 0.316 e. The standard InChI is InChI=1S/C17H25NO3/c1-18(2)13-9-11-14(12-10-13)21-17(20)15-7-5-3-4-6-8-16(15)19/h9-12,15-16,19H,3-8H2,1-2H3/t15-,16+/m0/s1. The molecule has 2 atom stereocenters. The van der Waals surface area contributed by atoms with Gasteiger partial charge in [0.1, 0.15) is 5.75 Å². The van der Waals surface area contributed by atoms with E-state index in [1.165, 1.54) is 0 Å². The fraction of sp³-hybridized carbons (Fsp3) is 0.588. The molecule has 4 nitrogen and oxygen atoms in total. The van der Waals surface area contributed by atoms with Crippen LogP contribution in [0, 0.1) is 5.92 Å². The summed E-state index contributed by atoms with van der Waals surface area (Å²) >= 11 is 0. The van der Waals surface area contributed by atoms with Crippen molar-refractivity contribution in [2.45, 2.75) is 44.6 Å². The number of carbonyl (C=O) groups excluding carboxylic acids is 1. The summed E-state index contributed by atoms with van der Waals surface area (Å²) in [4.78, 5) is 14.3. The number of hydrogen-bond acceptors (Lipinski definition) is 4. The molecule has 0 heterocycles. The summed E-state index contributed by atoms with van der Waals surface area (Å²) in [6.07, 6.45) is 5.09. The van der Waals surface area contributed by atoms with Crippen molar-refractivity contribution >= 4 is 11.7 Å². The average molecular weight is 291 g/mol. The largest absolute Gasteiger partial charge is 0.426 e. The first-order valence-corrected chi connectivity index (χ1v) is 7.75. The molecule has 0 aliphatic heterocycles. The van der Waals surface area contributed by atoms with E-state index in [0.717, 1.165) is 37.8 Å². The Morgan fingerprint density at radius 2 is 1.71 bits per heavy atom. The van der Waals surface area contributed by atoms with E-state index < -0.39 is 6.10 Å². The van der Waals surface area contributed by atoms with Gasteiger partial charge in [0.05, 0.1) is 12.0 Å². The molecule has 0 radical (unpaired) electrons. The average Bonchev–Trinajstić information content (AvgIpc) is 2.43. The van der Waals surface area contributed by atoms with Gasteiger partial charge >= 0.3 is 5.97 Å². The Bertz CT molecular complexity index is 456. The monoisotopic (exact) mass is 291 g/mol. The van der Waals surface area contributed by atoms with Crippen LogP contribution in [-0.4, -0.2) is 31.3 Å². The van der Waals surface area contributed by atoms with Crippen LogP contribution in [0.15, 0.2) is 24.3 Å². The predicted octanol–water partition coefficient (Wildman–Crippen LogP) is 2.99. The molecule has 1 aromatic carbocycles. The second kappa shape index (κ2) is 7.46. The number of carbonyl (C=O) groups is 1. The molecule has 1 aliphatic rings. The fourth-order valence-electron chi connectivity index (χ4n) is 2.74. The van der Waals surface area contributed by atoms with Gasteiger partial charge in [0, 0.05) is 19.8 Å². The molecule has 0 aromatic heterocycles. The van der Waals surface area contributed by atoms with Gasteiger partial charge < -0.3 is 14.7 Å². The number of hydrogen-bond donors (Lipinski definition) is 1. The Hall–Kier alpha value is -1.55. The SMILES string of the molecule is CN(C)c1ccc(OC(=O)[C@H]2CCCCCC[C@H]2O)cc1. The van der Waals surface area contributed by atoms with Crippen molar-refractivity contribution in [1.82, 2.24) is 0 Å². The maximum atomic E-state index is 12.3. The van der Waals surface area contributed by atoms with Crippen molar-refractivity contribution in [2.24, 2.45) is 5.92 Å². The first kappa shape index (κ1) is 15.8. The summed E-state index contributed by atoms with van der Waals surface area (Å²) in [6, 6.07) is 7.42. The minimum Gasteiger partial charge on any atom is -0.426 e. The lowest BCUT2D eigenvalue weighted by atomic mass is 9.89. The highest BCUT2D eigenvalue weighted by molar-refractivity contribution is 5.76. The van der Waals surface area contributed by atoms with Crippen molar-refractivity contribution in [3.63, 3.8) is 0 Å². The van der Waals surface area contributed by atoms with E-state index >= 15 is 0 Å². The highest BCUT2D eigenvalue weighted by atomic mass is 16.5. The topological polar surface area (TPSA) is 49.8 Å². The number of rotatable bonds is 3. The molecule has 4 heteroatoms. The quantitative estimate of drug-likeness (QED) is 0.687. The zero-order chi connectivity index (χ0) is 15.2. The third kappa shape index (κ3) is 4.46. The third-order valence-electron chi connectivity index (χ3n) is 4.10. The molecule has 0 bridgehead atoms. The van der Waals surface area contributed by atoms with Gasteiger partial charge in [-0.25, -0.2) is 0 Å². The van der Waals surface area contributed by atoms with E-state index in [9.17, 15) is 9.90 Å². The number of nitrogens with zero attached hydrogens (tertiary/aromatic N) is 1. The van der Waals surface area contributed by atoms with E-state index in [-0.39, 0.29) is 11.9 Å². The number of aliphatic hydroxyl groups excluding tert-OH is 1. The molecule has 2 rings (SSSR count). The lowest BCUT2D eigenvalue weighted by molar-refractivity contribution is -0.143. The Morgan fingerprint density at radius 1 is 1.10 bits per heavy atom. The molecule has 0 unspecified atom stereocenters. The number of aliphatic hydroxyl groups is 1. The summed E-state index contributed by atoms with van der Waals surface area (Å²) in [5.74, 6) is -0.152. The highest BCUT2D eigenvalue weighted by Crippen LogP contribution is 2.25. The van der Waals surface area contributed by atoms with Crippen LogP contribution in [0.5, 0.6) is 5.75 Å². The number of esters is 1. The second-order valence-electron chi connectivity index (χ2n) is 5.97. The van der Waals surface area contributed by atoms with Gasteiger partial charge in [-0.3, -0.25) is 4.79 Å². The Morgan fingerprint density at radius 3 is 2.33 bits per heavy atom. The molecule has 116 valence electrons. The van der Waals surface area contributed by atoms with Crippen molar-refractivity contribution in [2.75, 3.05) is 19.0 Å². The molecule has 0 saturated heterocycles. The van der Waals surface area contributed by atoms with Crippen LogP contribution < -0.4 is 9.64 Å². The fourth-order valence-corrected chi connectivity index (χ4v) is 2.74. The molecule has 1 N–H and O–H groups in total. The van der Waals surface area contributed by atoms with Gasteiger partial charge in [-0.1, -0.05) is 25.7 Å². The van der Waals surface area contributed by atoms with Crippen LogP contribution in [0.4, 0.5) is 5.69 Å². The van der Waals surface area contributed by atoms with Crippen LogP contribution in [0.2, 0.25) is 0 Å². The van der Waals surface area contributed by atoms with E-state index in [2.05, 4.69) is 0 Å². The first-order valence-electron chi connectivity index (χ1n) is 7.75. The molecule has 1 aliphatic carbocycles. The molecule has 1 aromatic rings. The minimum atomic E-state index is -0.571. The second-order valence-corrected chi connectivity index (χ2v) is 5.97. The maximum Gasteiger partial charge on any atom is 0.316 e. The van der Waals surface area contributed by atoms with Gasteiger partial charge in [-0.05, 0) is 37.1 Å². The van der Waals surface area contributed by atoms with E-state index in [4.69, 9.17) is 4.74 Å². The zero-order valence-electron chi connectivity index (χ0n) is 12.9. The van der Waals surface area contributed by atoms with Crippen molar-refractivity contribution < 1.29 is 14.6 Å². The molecular weight excluding hydrogens is 266 g/mol. The Kier molecular flexibility index (Phi) is 5.62. The molecule has 0 spiro atoms. The van der Waals surface area contributed by atoms with Crippen LogP contribution in [0.1, 0.15) is 38.5 Å². The normalized spacial score (nSPS) is 23.0. The highest BCUT2D eigenvalue weighted by Gasteiger charge is 2.29. The minimum absolute atomic E-state index is 0.304. The van der Waals surface area contributed by atoms with Gasteiger partial charge in [0.2, 0.25) is 0 Å². The first-order chi connectivity index (χ1) is 10.1.